The van der Waals surface area contributed by atoms with E-state index in [1.165, 1.54) is 12.0 Å². The summed E-state index contributed by atoms with van der Waals surface area (Å²) in [7, 11) is 1.66. The molecule has 0 radical (unpaired) electrons. The molecule has 0 spiro atoms. The van der Waals surface area contributed by atoms with Gasteiger partial charge in [0.1, 0.15) is 11.5 Å². The van der Waals surface area contributed by atoms with E-state index in [9.17, 15) is 4.79 Å². The highest BCUT2D eigenvalue weighted by Crippen LogP contribution is 2.32. The molecule has 2 aromatic rings. The van der Waals surface area contributed by atoms with E-state index in [1.807, 2.05) is 29.2 Å². The van der Waals surface area contributed by atoms with Crippen LogP contribution < -0.4 is 9.47 Å². The lowest BCUT2D eigenvalue weighted by atomic mass is 9.91. The monoisotopic (exact) mass is 366 g/mol. The van der Waals surface area contributed by atoms with Gasteiger partial charge in [0, 0.05) is 31.3 Å². The number of nitrogens with zero attached hydrogens (tertiary/aromatic N) is 2. The fourth-order valence-electron chi connectivity index (χ4n) is 4.01. The van der Waals surface area contributed by atoms with Crippen LogP contribution in [-0.4, -0.2) is 42.6 Å². The van der Waals surface area contributed by atoms with Gasteiger partial charge in [0.25, 0.3) is 5.91 Å². The lowest BCUT2D eigenvalue weighted by Crippen LogP contribution is -2.36. The summed E-state index contributed by atoms with van der Waals surface area (Å²) in [4.78, 5) is 19.5. The van der Waals surface area contributed by atoms with Crippen LogP contribution in [0.5, 0.6) is 11.5 Å². The number of carbonyl (C=O) groups excluding carboxylic acids is 1. The molecule has 2 aliphatic rings. The first kappa shape index (κ1) is 17.8. The van der Waals surface area contributed by atoms with Crippen molar-refractivity contribution in [2.45, 2.75) is 32.1 Å². The smallest absolute Gasteiger partial charge is 0.255 e. The number of amides is 1. The first-order chi connectivity index (χ1) is 13.2. The van der Waals surface area contributed by atoms with Gasteiger partial charge in [0.2, 0.25) is 0 Å². The third-order valence-corrected chi connectivity index (χ3v) is 5.50. The van der Waals surface area contributed by atoms with Gasteiger partial charge in [-0.25, -0.2) is 0 Å². The lowest BCUT2D eigenvalue weighted by Gasteiger charge is -2.28. The van der Waals surface area contributed by atoms with Crippen LogP contribution in [0.15, 0.2) is 36.5 Å². The molecule has 0 N–H and O–H groups in total. The minimum atomic E-state index is 0.125. The summed E-state index contributed by atoms with van der Waals surface area (Å²) in [5.41, 5.74) is 2.82. The van der Waals surface area contributed by atoms with Crippen LogP contribution in [0.3, 0.4) is 0 Å². The minimum Gasteiger partial charge on any atom is -0.497 e. The number of rotatable bonds is 4. The maximum absolute atomic E-state index is 13.0. The Morgan fingerprint density at radius 1 is 1.26 bits per heavy atom. The normalized spacial score (nSPS) is 19.1. The Bertz CT molecular complexity index is 815. The van der Waals surface area contributed by atoms with Crippen molar-refractivity contribution in [3.63, 3.8) is 0 Å². The maximum Gasteiger partial charge on any atom is 0.255 e. The predicted molar refractivity (Wildman–Crippen MR) is 103 cm³/mol. The van der Waals surface area contributed by atoms with Crippen molar-refractivity contribution >= 4 is 5.91 Å². The largest absolute Gasteiger partial charge is 0.497 e. The quantitative estimate of drug-likeness (QED) is 0.831. The number of aromatic nitrogens is 1. The van der Waals surface area contributed by atoms with Crippen molar-refractivity contribution in [2.24, 2.45) is 5.92 Å². The summed E-state index contributed by atoms with van der Waals surface area (Å²) in [5.74, 6) is 2.15. The van der Waals surface area contributed by atoms with Crippen LogP contribution in [0.1, 0.15) is 40.9 Å². The zero-order valence-electron chi connectivity index (χ0n) is 15.8. The molecule has 1 aromatic heterocycles. The van der Waals surface area contributed by atoms with Gasteiger partial charge in [-0.3, -0.25) is 9.78 Å². The van der Waals surface area contributed by atoms with Crippen molar-refractivity contribution in [2.75, 3.05) is 26.8 Å². The van der Waals surface area contributed by atoms with E-state index in [2.05, 4.69) is 11.1 Å². The van der Waals surface area contributed by atoms with Gasteiger partial charge in [-0.15, -0.1) is 0 Å². The van der Waals surface area contributed by atoms with Crippen LogP contribution in [0, 0.1) is 5.92 Å². The van der Waals surface area contributed by atoms with E-state index >= 15 is 0 Å². The number of likely N-dealkylation sites (tertiary alicyclic amines) is 1. The molecule has 0 aliphatic carbocycles. The third-order valence-electron chi connectivity index (χ3n) is 5.50. The SMILES string of the molecule is COc1ccc2c(c1)OC[C@@H](Cc1ncccc1C(=O)N1CCCCC1)C2. The number of benzene rings is 1. The summed E-state index contributed by atoms with van der Waals surface area (Å²) < 4.78 is 11.2. The zero-order chi connectivity index (χ0) is 18.6. The Labute approximate surface area is 160 Å². The van der Waals surface area contributed by atoms with E-state index in [4.69, 9.17) is 9.47 Å². The number of fused-ring (bicyclic) bond motifs is 1. The molecular weight excluding hydrogens is 340 g/mol. The van der Waals surface area contributed by atoms with E-state index in [-0.39, 0.29) is 5.91 Å². The Morgan fingerprint density at radius 2 is 2.11 bits per heavy atom. The molecule has 2 aliphatic heterocycles. The highest BCUT2D eigenvalue weighted by Gasteiger charge is 2.25. The topological polar surface area (TPSA) is 51.7 Å². The van der Waals surface area contributed by atoms with Gasteiger partial charge >= 0.3 is 0 Å². The maximum atomic E-state index is 13.0. The van der Waals surface area contributed by atoms with Gasteiger partial charge in [-0.2, -0.15) is 0 Å². The summed E-state index contributed by atoms with van der Waals surface area (Å²) in [5, 5.41) is 0. The highest BCUT2D eigenvalue weighted by molar-refractivity contribution is 5.95. The van der Waals surface area contributed by atoms with E-state index in [0.717, 1.165) is 61.5 Å². The molecule has 0 unspecified atom stereocenters. The molecule has 1 saturated heterocycles. The second-order valence-electron chi connectivity index (χ2n) is 7.41. The molecule has 0 bridgehead atoms. The number of carbonyl (C=O) groups is 1. The van der Waals surface area contributed by atoms with Crippen molar-refractivity contribution in [3.05, 3.63) is 53.3 Å². The molecule has 142 valence electrons. The summed E-state index contributed by atoms with van der Waals surface area (Å²) in [6.45, 7) is 2.35. The average molecular weight is 366 g/mol. The number of pyridine rings is 1. The fourth-order valence-corrected chi connectivity index (χ4v) is 4.01. The lowest BCUT2D eigenvalue weighted by molar-refractivity contribution is 0.0722. The van der Waals surface area contributed by atoms with Crippen LogP contribution in [0.25, 0.3) is 0 Å². The van der Waals surface area contributed by atoms with Crippen molar-refractivity contribution < 1.29 is 14.3 Å². The molecule has 27 heavy (non-hydrogen) atoms. The first-order valence-electron chi connectivity index (χ1n) is 9.77. The number of ether oxygens (including phenoxy) is 2. The molecule has 1 fully saturated rings. The predicted octanol–water partition coefficient (Wildman–Crippen LogP) is 3.51. The second-order valence-corrected chi connectivity index (χ2v) is 7.41. The van der Waals surface area contributed by atoms with Crippen LogP contribution in [0.2, 0.25) is 0 Å². The minimum absolute atomic E-state index is 0.125. The summed E-state index contributed by atoms with van der Waals surface area (Å²) in [6, 6.07) is 9.76. The first-order valence-corrected chi connectivity index (χ1v) is 9.77. The van der Waals surface area contributed by atoms with Crippen LogP contribution >= 0.6 is 0 Å². The molecule has 5 nitrogen and oxygen atoms in total. The Morgan fingerprint density at radius 3 is 2.93 bits per heavy atom. The number of hydrogen-bond donors (Lipinski definition) is 0. The number of piperidine rings is 1. The molecule has 3 heterocycles. The summed E-state index contributed by atoms with van der Waals surface area (Å²) in [6.07, 6.45) is 6.86. The highest BCUT2D eigenvalue weighted by atomic mass is 16.5. The van der Waals surface area contributed by atoms with Gasteiger partial charge in [0.15, 0.2) is 0 Å². The van der Waals surface area contributed by atoms with Crippen molar-refractivity contribution in [1.82, 2.24) is 9.88 Å². The molecule has 1 aromatic carbocycles. The Kier molecular flexibility index (Phi) is 5.28. The summed E-state index contributed by atoms with van der Waals surface area (Å²) >= 11 is 0. The number of hydrogen-bond acceptors (Lipinski definition) is 4. The Hall–Kier alpha value is -2.56. The fraction of sp³-hybridized carbons (Fsp3) is 0.455. The molecular formula is C22H26N2O3. The molecule has 5 heteroatoms. The molecule has 0 saturated carbocycles. The van der Waals surface area contributed by atoms with Gasteiger partial charge < -0.3 is 14.4 Å². The van der Waals surface area contributed by atoms with Crippen molar-refractivity contribution in [1.29, 1.82) is 0 Å². The van der Waals surface area contributed by atoms with E-state index in [0.29, 0.717) is 12.5 Å². The standard InChI is InChI=1S/C22H26N2O3/c1-26-18-8-7-17-12-16(15-27-21(17)14-18)13-20-19(6-5-9-23-20)22(25)24-10-3-2-4-11-24/h5-9,14,16H,2-4,10-13,15H2,1H3/t16-/m1/s1. The molecule has 1 amide bonds. The third kappa shape index (κ3) is 3.92. The van der Waals surface area contributed by atoms with E-state index < -0.39 is 0 Å². The van der Waals surface area contributed by atoms with Gasteiger partial charge in [-0.1, -0.05) is 6.07 Å². The average Bonchev–Trinajstić information content (AvgIpc) is 2.74. The van der Waals surface area contributed by atoms with Crippen LogP contribution in [-0.2, 0) is 12.8 Å². The number of methoxy groups -OCH3 is 1. The molecule has 4 rings (SSSR count). The van der Waals surface area contributed by atoms with Crippen LogP contribution in [0.4, 0.5) is 0 Å². The van der Waals surface area contributed by atoms with Crippen molar-refractivity contribution in [3.8, 4) is 11.5 Å². The zero-order valence-corrected chi connectivity index (χ0v) is 15.8. The Balaban J connectivity index is 1.49. The van der Waals surface area contributed by atoms with Gasteiger partial charge in [0.05, 0.1) is 25.0 Å². The van der Waals surface area contributed by atoms with E-state index in [1.54, 1.807) is 13.3 Å². The second kappa shape index (κ2) is 7.99. The van der Waals surface area contributed by atoms with Gasteiger partial charge in [-0.05, 0) is 55.9 Å². The molecule has 1 atom stereocenters.